The largest absolute Gasteiger partial charge is 0.355 e. The Balaban J connectivity index is 1.46. The summed E-state index contributed by atoms with van der Waals surface area (Å²) in [4.78, 5) is 11.6. The zero-order chi connectivity index (χ0) is 17.5. The fourth-order valence-corrected chi connectivity index (χ4v) is 3.94. The van der Waals surface area contributed by atoms with E-state index in [2.05, 4.69) is 29.0 Å². The highest BCUT2D eigenvalue weighted by Gasteiger charge is 2.05. The van der Waals surface area contributed by atoms with Crippen LogP contribution >= 0.6 is 47.3 Å². The number of halogens is 1. The third-order valence-electron chi connectivity index (χ3n) is 3.28. The maximum atomic E-state index is 5.92. The zero-order valence-electron chi connectivity index (χ0n) is 13.1. The van der Waals surface area contributed by atoms with E-state index in [4.69, 9.17) is 23.8 Å². The summed E-state index contributed by atoms with van der Waals surface area (Å²) in [5.74, 6) is 2.33. The van der Waals surface area contributed by atoms with Crippen molar-refractivity contribution in [3.05, 3.63) is 57.3 Å². The normalized spacial score (nSPS) is 10.8. The van der Waals surface area contributed by atoms with Crippen LogP contribution in [0.1, 0.15) is 16.8 Å². The SMILES string of the molecule is S=c1[nH]c(NCCSCc2nsnc2Cl)ncc1Cc1cccnc1. The van der Waals surface area contributed by atoms with Crippen LogP contribution in [0.5, 0.6) is 0 Å². The highest BCUT2D eigenvalue weighted by atomic mass is 35.5. The molecule has 0 aliphatic carbocycles. The summed E-state index contributed by atoms with van der Waals surface area (Å²) in [5.41, 5.74) is 2.93. The van der Waals surface area contributed by atoms with Gasteiger partial charge in [0, 0.05) is 48.6 Å². The van der Waals surface area contributed by atoms with Crippen LogP contribution in [0.2, 0.25) is 5.15 Å². The third kappa shape index (κ3) is 5.46. The molecule has 3 heterocycles. The van der Waals surface area contributed by atoms with Gasteiger partial charge >= 0.3 is 0 Å². The minimum Gasteiger partial charge on any atom is -0.355 e. The summed E-state index contributed by atoms with van der Waals surface area (Å²) in [5, 5.41) is 3.74. The predicted octanol–water partition coefficient (Wildman–Crippen LogP) is 3.98. The molecule has 0 saturated carbocycles. The van der Waals surface area contributed by atoms with E-state index in [1.807, 2.05) is 24.5 Å². The first-order chi connectivity index (χ1) is 12.2. The maximum absolute atomic E-state index is 5.92. The number of hydrogen-bond acceptors (Lipinski definition) is 8. The molecule has 3 rings (SSSR count). The second-order valence-electron chi connectivity index (χ2n) is 5.11. The highest BCUT2D eigenvalue weighted by Crippen LogP contribution is 2.18. The van der Waals surface area contributed by atoms with E-state index in [1.165, 1.54) is 0 Å². The summed E-state index contributed by atoms with van der Waals surface area (Å²) in [6.45, 7) is 0.764. The van der Waals surface area contributed by atoms with Crippen molar-refractivity contribution < 1.29 is 0 Å². The molecule has 10 heteroatoms. The average molecular weight is 411 g/mol. The molecule has 0 bridgehead atoms. The van der Waals surface area contributed by atoms with Crippen LogP contribution in [0, 0.1) is 4.64 Å². The van der Waals surface area contributed by atoms with Crippen LogP contribution in [0.25, 0.3) is 0 Å². The summed E-state index contributed by atoms with van der Waals surface area (Å²) in [6.07, 6.45) is 6.12. The van der Waals surface area contributed by atoms with Crippen LogP contribution in [0.4, 0.5) is 5.95 Å². The fraction of sp³-hybridized carbons (Fsp3) is 0.267. The first-order valence-corrected chi connectivity index (χ1v) is 10.1. The summed E-state index contributed by atoms with van der Waals surface area (Å²) in [6, 6.07) is 3.94. The molecule has 0 amide bonds. The summed E-state index contributed by atoms with van der Waals surface area (Å²) < 4.78 is 8.78. The van der Waals surface area contributed by atoms with Gasteiger partial charge in [-0.15, -0.1) is 0 Å². The molecule has 130 valence electrons. The van der Waals surface area contributed by atoms with Crippen LogP contribution in [-0.2, 0) is 12.2 Å². The Labute approximate surface area is 163 Å². The van der Waals surface area contributed by atoms with Crippen LogP contribution in [-0.4, -0.2) is 36.0 Å². The monoisotopic (exact) mass is 410 g/mol. The number of nitrogens with one attached hydrogen (secondary N) is 2. The minimum absolute atomic E-state index is 0.500. The number of aromatic nitrogens is 5. The Kier molecular flexibility index (Phi) is 6.74. The lowest BCUT2D eigenvalue weighted by Gasteiger charge is -2.07. The molecule has 0 fully saturated rings. The molecule has 0 aliphatic rings. The highest BCUT2D eigenvalue weighted by molar-refractivity contribution is 7.98. The van der Waals surface area contributed by atoms with Gasteiger partial charge in [-0.25, -0.2) is 4.98 Å². The van der Waals surface area contributed by atoms with Crippen molar-refractivity contribution in [2.45, 2.75) is 12.2 Å². The number of nitrogens with zero attached hydrogens (tertiary/aromatic N) is 4. The van der Waals surface area contributed by atoms with Gasteiger partial charge in [-0.1, -0.05) is 29.9 Å². The molecule has 3 aromatic heterocycles. The number of pyridine rings is 1. The van der Waals surface area contributed by atoms with Gasteiger partial charge in [0.1, 0.15) is 10.3 Å². The fourth-order valence-electron chi connectivity index (χ4n) is 2.05. The van der Waals surface area contributed by atoms with Crippen molar-refractivity contribution in [1.29, 1.82) is 0 Å². The van der Waals surface area contributed by atoms with Gasteiger partial charge in [-0.2, -0.15) is 20.5 Å². The average Bonchev–Trinajstić information content (AvgIpc) is 3.03. The molecule has 0 saturated heterocycles. The van der Waals surface area contributed by atoms with E-state index < -0.39 is 0 Å². The van der Waals surface area contributed by atoms with Gasteiger partial charge in [0.05, 0.1) is 11.7 Å². The number of H-pyrrole nitrogens is 1. The molecule has 2 N–H and O–H groups in total. The maximum Gasteiger partial charge on any atom is 0.201 e. The Hall–Kier alpha value is -1.55. The van der Waals surface area contributed by atoms with Crippen molar-refractivity contribution in [2.75, 3.05) is 17.6 Å². The lowest BCUT2D eigenvalue weighted by Crippen LogP contribution is -2.08. The number of anilines is 1. The molecular formula is C15H15ClN6S3. The molecule has 25 heavy (non-hydrogen) atoms. The first kappa shape index (κ1) is 18.2. The van der Waals surface area contributed by atoms with E-state index in [-0.39, 0.29) is 0 Å². The second kappa shape index (κ2) is 9.23. The molecule has 0 spiro atoms. The molecule has 0 aliphatic heterocycles. The Morgan fingerprint density at radius 3 is 2.96 bits per heavy atom. The van der Waals surface area contributed by atoms with Gasteiger partial charge in [0.15, 0.2) is 5.15 Å². The Morgan fingerprint density at radius 1 is 1.32 bits per heavy atom. The van der Waals surface area contributed by atoms with Crippen LogP contribution < -0.4 is 5.32 Å². The van der Waals surface area contributed by atoms with Gasteiger partial charge in [-0.05, 0) is 11.6 Å². The van der Waals surface area contributed by atoms with E-state index in [1.54, 1.807) is 18.0 Å². The first-order valence-electron chi connectivity index (χ1n) is 7.48. The molecular weight excluding hydrogens is 396 g/mol. The summed E-state index contributed by atoms with van der Waals surface area (Å²) in [7, 11) is 0. The van der Waals surface area contributed by atoms with E-state index in [0.29, 0.717) is 15.7 Å². The topological polar surface area (TPSA) is 79.4 Å². The molecule has 3 aromatic rings. The van der Waals surface area contributed by atoms with Gasteiger partial charge in [-0.3, -0.25) is 4.98 Å². The van der Waals surface area contributed by atoms with Crippen molar-refractivity contribution in [2.24, 2.45) is 0 Å². The van der Waals surface area contributed by atoms with Crippen molar-refractivity contribution in [3.8, 4) is 0 Å². The Bertz CT molecular complexity index is 867. The van der Waals surface area contributed by atoms with E-state index in [9.17, 15) is 0 Å². The van der Waals surface area contributed by atoms with E-state index in [0.717, 1.165) is 53.0 Å². The lowest BCUT2D eigenvalue weighted by molar-refractivity contribution is 1.02. The predicted molar refractivity (Wildman–Crippen MR) is 106 cm³/mol. The van der Waals surface area contributed by atoms with E-state index >= 15 is 0 Å². The van der Waals surface area contributed by atoms with Crippen molar-refractivity contribution in [3.63, 3.8) is 0 Å². The van der Waals surface area contributed by atoms with Crippen LogP contribution in [0.3, 0.4) is 0 Å². The van der Waals surface area contributed by atoms with Gasteiger partial charge < -0.3 is 10.3 Å². The smallest absolute Gasteiger partial charge is 0.201 e. The number of aromatic amines is 1. The quantitative estimate of drug-likeness (QED) is 0.429. The van der Waals surface area contributed by atoms with Crippen molar-refractivity contribution >= 4 is 53.3 Å². The van der Waals surface area contributed by atoms with Gasteiger partial charge in [0.2, 0.25) is 5.95 Å². The zero-order valence-corrected chi connectivity index (χ0v) is 16.3. The van der Waals surface area contributed by atoms with Crippen molar-refractivity contribution in [1.82, 2.24) is 23.7 Å². The molecule has 0 atom stereocenters. The minimum atomic E-state index is 0.500. The lowest BCUT2D eigenvalue weighted by atomic mass is 10.1. The summed E-state index contributed by atoms with van der Waals surface area (Å²) >= 11 is 14.2. The van der Waals surface area contributed by atoms with Crippen LogP contribution in [0.15, 0.2) is 30.7 Å². The molecule has 0 unspecified atom stereocenters. The molecule has 0 aromatic carbocycles. The third-order valence-corrected chi connectivity index (χ3v) is 5.58. The number of thioether (sulfide) groups is 1. The van der Waals surface area contributed by atoms with Gasteiger partial charge in [0.25, 0.3) is 0 Å². The number of rotatable bonds is 8. The number of hydrogen-bond donors (Lipinski definition) is 2. The Morgan fingerprint density at radius 2 is 2.24 bits per heavy atom. The molecule has 6 nitrogen and oxygen atoms in total. The standard InChI is InChI=1S/C15H15ClN6S3/c16-13-12(21-25-22-13)9-24-5-4-18-15-19-8-11(14(23)20-15)6-10-2-1-3-17-7-10/h1-3,7-8H,4-6,9H2,(H2,18,19,20,23). The second-order valence-corrected chi connectivity index (χ2v) is 7.51. The molecule has 0 radical (unpaired) electrons.